The van der Waals surface area contributed by atoms with Gasteiger partial charge in [-0.15, -0.1) is 3.89 Å². The van der Waals surface area contributed by atoms with E-state index in [9.17, 15) is 12.3 Å². The van der Waals surface area contributed by atoms with E-state index in [1.807, 2.05) is 0 Å². The first-order valence-electron chi connectivity index (χ1n) is 3.06. The van der Waals surface area contributed by atoms with E-state index in [1.54, 1.807) is 0 Å². The molecule has 0 aliphatic carbocycles. The molecule has 14 heavy (non-hydrogen) atoms. The minimum atomic E-state index is -5.09. The highest BCUT2D eigenvalue weighted by Crippen LogP contribution is 2.41. The Balaban J connectivity index is 3.70. The molecule has 1 aromatic rings. The van der Waals surface area contributed by atoms with Crippen LogP contribution in [0.15, 0.2) is 11.0 Å². The number of hydrogen-bond donors (Lipinski definition) is 1. The fourth-order valence-electron chi connectivity index (χ4n) is 0.786. The van der Waals surface area contributed by atoms with Gasteiger partial charge in [0.05, 0.1) is 10.0 Å². The van der Waals surface area contributed by atoms with Crippen LogP contribution in [0.1, 0.15) is 0 Å². The van der Waals surface area contributed by atoms with Gasteiger partial charge in [0.15, 0.2) is 5.75 Å². The molecule has 3 nitrogen and oxygen atoms in total. The fraction of sp³-hybridized carbons (Fsp3) is 0. The quantitative estimate of drug-likeness (QED) is 0.804. The Morgan fingerprint density at radius 2 is 1.71 bits per heavy atom. The Morgan fingerprint density at radius 3 is 2.14 bits per heavy atom. The summed E-state index contributed by atoms with van der Waals surface area (Å²) in [6.45, 7) is 0. The summed E-state index contributed by atoms with van der Waals surface area (Å²) in [4.78, 5) is -0.984. The maximum Gasteiger partial charge on any atom is 0.335 e. The van der Waals surface area contributed by atoms with Gasteiger partial charge in [0.2, 0.25) is 0 Å². The second kappa shape index (κ2) is 3.73. The number of rotatable bonds is 1. The largest absolute Gasteiger partial charge is 0.505 e. The number of benzene rings is 1. The van der Waals surface area contributed by atoms with Gasteiger partial charge in [-0.2, -0.15) is 8.42 Å². The Labute approximate surface area is 94.2 Å². The van der Waals surface area contributed by atoms with E-state index in [4.69, 9.17) is 39.9 Å². The zero-order chi connectivity index (χ0) is 11.1. The molecule has 0 spiro atoms. The van der Waals surface area contributed by atoms with Gasteiger partial charge in [-0.25, -0.2) is 0 Å². The molecule has 0 atom stereocenters. The zero-order valence-corrected chi connectivity index (χ0v) is 9.35. The fourth-order valence-corrected chi connectivity index (χ4v) is 2.70. The topological polar surface area (TPSA) is 54.4 Å². The van der Waals surface area contributed by atoms with Gasteiger partial charge in [-0.05, 0) is 6.07 Å². The average molecular weight is 280 g/mol. The number of phenols is 1. The molecule has 0 fully saturated rings. The van der Waals surface area contributed by atoms with Crippen molar-refractivity contribution in [2.45, 2.75) is 4.90 Å². The third-order valence-electron chi connectivity index (χ3n) is 1.35. The predicted octanol–water partition coefficient (Wildman–Crippen LogP) is 3.01. The predicted molar refractivity (Wildman–Crippen MR) is 51.4 cm³/mol. The molecule has 8 heteroatoms. The Kier molecular flexibility index (Phi) is 3.16. The van der Waals surface area contributed by atoms with Crippen LogP contribution in [-0.4, -0.2) is 13.5 Å². The lowest BCUT2D eigenvalue weighted by molar-refractivity contribution is 0.473. The monoisotopic (exact) mass is 278 g/mol. The lowest BCUT2D eigenvalue weighted by Gasteiger charge is -2.05. The normalized spacial score (nSPS) is 11.7. The molecule has 0 unspecified atom stereocenters. The lowest BCUT2D eigenvalue weighted by Crippen LogP contribution is -1.95. The smallest absolute Gasteiger partial charge is 0.335 e. The highest BCUT2D eigenvalue weighted by atomic mass is 35.5. The van der Waals surface area contributed by atoms with Crippen molar-refractivity contribution >= 4 is 45.0 Å². The van der Waals surface area contributed by atoms with Crippen LogP contribution in [0.25, 0.3) is 0 Å². The molecule has 0 aliphatic rings. The van der Waals surface area contributed by atoms with Crippen LogP contribution in [0.2, 0.25) is 15.1 Å². The first kappa shape index (κ1) is 11.8. The molecule has 1 aromatic carbocycles. The summed E-state index contributed by atoms with van der Waals surface area (Å²) in [5.41, 5.74) is 0. The molecule has 0 aromatic heterocycles. The van der Waals surface area contributed by atoms with Crippen molar-refractivity contribution in [1.29, 1.82) is 0 Å². The van der Waals surface area contributed by atoms with Crippen LogP contribution in [0.4, 0.5) is 3.89 Å². The average Bonchev–Trinajstić information content (AvgIpc) is 1.97. The van der Waals surface area contributed by atoms with Crippen molar-refractivity contribution in [3.63, 3.8) is 0 Å². The molecule has 0 bridgehead atoms. The zero-order valence-electron chi connectivity index (χ0n) is 6.26. The second-order valence-electron chi connectivity index (χ2n) is 2.27. The van der Waals surface area contributed by atoms with Gasteiger partial charge in [-0.3, -0.25) is 0 Å². The van der Waals surface area contributed by atoms with Crippen LogP contribution in [0.3, 0.4) is 0 Å². The first-order valence-corrected chi connectivity index (χ1v) is 5.58. The molecule has 1 N–H and O–H groups in total. The summed E-state index contributed by atoms with van der Waals surface area (Å²) in [7, 11) is -5.09. The van der Waals surface area contributed by atoms with E-state index >= 15 is 0 Å². The lowest BCUT2D eigenvalue weighted by atomic mass is 10.3. The maximum atomic E-state index is 12.6. The molecule has 0 heterocycles. The summed E-state index contributed by atoms with van der Waals surface area (Å²) in [5, 5.41) is 7.65. The van der Waals surface area contributed by atoms with Gasteiger partial charge >= 0.3 is 10.2 Å². The number of aromatic hydroxyl groups is 1. The van der Waals surface area contributed by atoms with Crippen molar-refractivity contribution in [3.8, 4) is 5.75 Å². The first-order chi connectivity index (χ1) is 6.25. The second-order valence-corrected chi connectivity index (χ2v) is 4.75. The molecule has 0 aliphatic heterocycles. The van der Waals surface area contributed by atoms with E-state index in [0.717, 1.165) is 6.07 Å². The third-order valence-corrected chi connectivity index (χ3v) is 3.44. The highest BCUT2D eigenvalue weighted by molar-refractivity contribution is 7.86. The summed E-state index contributed by atoms with van der Waals surface area (Å²) in [6.07, 6.45) is 0. The van der Waals surface area contributed by atoms with Crippen LogP contribution in [-0.2, 0) is 10.2 Å². The molecular formula is C6H2Cl3FO3S. The Hall–Kier alpha value is -0.230. The number of halogens is 4. The van der Waals surface area contributed by atoms with Crippen LogP contribution in [0, 0.1) is 0 Å². The molecule has 1 rings (SSSR count). The summed E-state index contributed by atoms with van der Waals surface area (Å²) >= 11 is 16.1. The molecule has 0 radical (unpaired) electrons. The van der Waals surface area contributed by atoms with Gasteiger partial charge < -0.3 is 5.11 Å². The van der Waals surface area contributed by atoms with E-state index < -0.39 is 30.9 Å². The molecular weight excluding hydrogens is 277 g/mol. The molecule has 0 saturated carbocycles. The molecule has 78 valence electrons. The van der Waals surface area contributed by atoms with E-state index in [1.165, 1.54) is 0 Å². The number of phenolic OH excluding ortho intramolecular Hbond substituents is 1. The maximum absolute atomic E-state index is 12.6. The van der Waals surface area contributed by atoms with Gasteiger partial charge in [-0.1, -0.05) is 34.8 Å². The highest BCUT2D eigenvalue weighted by Gasteiger charge is 2.25. The van der Waals surface area contributed by atoms with Crippen LogP contribution < -0.4 is 0 Å². The van der Waals surface area contributed by atoms with Crippen molar-refractivity contribution < 1.29 is 17.4 Å². The van der Waals surface area contributed by atoms with E-state index in [2.05, 4.69) is 0 Å². The van der Waals surface area contributed by atoms with Gasteiger partial charge in [0.25, 0.3) is 0 Å². The van der Waals surface area contributed by atoms with Crippen LogP contribution >= 0.6 is 34.8 Å². The standard InChI is InChI=1S/C6H2Cl3FO3S/c7-2-1-3(8)6(14(10,12)13)4(9)5(2)11/h1,11H. The molecule has 0 amide bonds. The number of hydrogen-bond acceptors (Lipinski definition) is 3. The minimum absolute atomic E-state index is 0.257. The van der Waals surface area contributed by atoms with Crippen molar-refractivity contribution in [3.05, 3.63) is 21.1 Å². The van der Waals surface area contributed by atoms with E-state index in [-0.39, 0.29) is 5.02 Å². The Bertz CT molecular complexity index is 486. The van der Waals surface area contributed by atoms with Gasteiger partial charge in [0.1, 0.15) is 9.92 Å². The molecule has 0 saturated heterocycles. The third kappa shape index (κ3) is 2.06. The van der Waals surface area contributed by atoms with Crippen LogP contribution in [0.5, 0.6) is 5.75 Å². The van der Waals surface area contributed by atoms with Crippen molar-refractivity contribution in [2.24, 2.45) is 0 Å². The summed E-state index contributed by atoms with van der Waals surface area (Å²) in [5.74, 6) is -0.728. The van der Waals surface area contributed by atoms with E-state index in [0.29, 0.717) is 0 Å². The van der Waals surface area contributed by atoms with Gasteiger partial charge in [0, 0.05) is 0 Å². The SMILES string of the molecule is O=S(=O)(F)c1c(Cl)cc(Cl)c(O)c1Cl. The summed E-state index contributed by atoms with van der Waals surface area (Å²) < 4.78 is 33.7. The van der Waals surface area contributed by atoms with Crippen molar-refractivity contribution in [2.75, 3.05) is 0 Å². The minimum Gasteiger partial charge on any atom is -0.505 e. The van der Waals surface area contributed by atoms with Crippen molar-refractivity contribution in [1.82, 2.24) is 0 Å². The Morgan fingerprint density at radius 1 is 1.21 bits per heavy atom. The summed E-state index contributed by atoms with van der Waals surface area (Å²) in [6, 6.07) is 0.886.